The van der Waals surface area contributed by atoms with E-state index in [1.165, 1.54) is 6.07 Å². The van der Waals surface area contributed by atoms with Crippen LogP contribution < -0.4 is 10.6 Å². The molecule has 35 heavy (non-hydrogen) atoms. The molecule has 1 aliphatic rings. The zero-order chi connectivity index (χ0) is 24.8. The molecule has 0 saturated heterocycles. The summed E-state index contributed by atoms with van der Waals surface area (Å²) in [6, 6.07) is 18.2. The van der Waals surface area contributed by atoms with Crippen molar-refractivity contribution in [3.63, 3.8) is 0 Å². The highest BCUT2D eigenvalue weighted by molar-refractivity contribution is 5.94. The molecule has 0 aliphatic heterocycles. The fourth-order valence-corrected chi connectivity index (χ4v) is 4.30. The summed E-state index contributed by atoms with van der Waals surface area (Å²) in [5.74, 6) is -1.40. The topological polar surface area (TPSA) is 118 Å². The number of furan rings is 1. The van der Waals surface area contributed by atoms with Crippen LogP contribution in [-0.2, 0) is 16.1 Å². The lowest BCUT2D eigenvalue weighted by molar-refractivity contribution is -0.139. The van der Waals surface area contributed by atoms with E-state index in [2.05, 4.69) is 22.8 Å². The Morgan fingerprint density at radius 2 is 1.66 bits per heavy atom. The smallest absolute Gasteiger partial charge is 0.407 e. The first-order valence-corrected chi connectivity index (χ1v) is 11.7. The Kier molecular flexibility index (Phi) is 7.50. The zero-order valence-electron chi connectivity index (χ0n) is 19.5. The molecule has 0 saturated carbocycles. The number of carbonyl (C=O) groups is 3. The first-order valence-electron chi connectivity index (χ1n) is 11.7. The molecule has 2 aromatic carbocycles. The van der Waals surface area contributed by atoms with E-state index in [1.54, 1.807) is 6.07 Å². The average molecular weight is 477 g/mol. The molecule has 3 N–H and O–H groups in total. The van der Waals surface area contributed by atoms with Crippen molar-refractivity contribution in [2.24, 2.45) is 0 Å². The minimum absolute atomic E-state index is 0.0166. The molecule has 4 rings (SSSR count). The van der Waals surface area contributed by atoms with Gasteiger partial charge in [-0.2, -0.15) is 0 Å². The van der Waals surface area contributed by atoms with Crippen molar-refractivity contribution in [1.29, 1.82) is 0 Å². The number of alkyl carbamates (subject to hydrolysis) is 1. The average Bonchev–Trinajstić information content (AvgIpc) is 3.47. The van der Waals surface area contributed by atoms with Crippen LogP contribution in [-0.4, -0.2) is 35.7 Å². The van der Waals surface area contributed by atoms with Crippen molar-refractivity contribution >= 4 is 18.0 Å². The van der Waals surface area contributed by atoms with Gasteiger partial charge in [0.15, 0.2) is 5.76 Å². The van der Waals surface area contributed by atoms with Crippen LogP contribution in [0, 0.1) is 0 Å². The van der Waals surface area contributed by atoms with Gasteiger partial charge in [-0.25, -0.2) is 9.59 Å². The van der Waals surface area contributed by atoms with Crippen LogP contribution >= 0.6 is 0 Å². The summed E-state index contributed by atoms with van der Waals surface area (Å²) in [6.45, 7) is 2.17. The molecule has 3 aromatic rings. The highest BCUT2D eigenvalue weighted by Gasteiger charge is 2.29. The van der Waals surface area contributed by atoms with Gasteiger partial charge in [0, 0.05) is 5.92 Å². The van der Waals surface area contributed by atoms with E-state index in [0.29, 0.717) is 18.6 Å². The maximum atomic E-state index is 12.3. The standard InChI is InChI=1S/C27H28N2O6/c1-2-3-12-23(26(31)32)29-25(30)24-14-13-17(35-24)15-28-27(33)34-16-22-20-10-6-4-8-18(20)19-9-5-7-11-21(19)22/h4-11,13-14,22-23H,2-3,12,15-16H2,1H3,(H,28,33)(H,29,30)(H,31,32). The third-order valence-corrected chi connectivity index (χ3v) is 6.09. The second kappa shape index (κ2) is 10.9. The van der Waals surface area contributed by atoms with Crippen LogP contribution in [0.5, 0.6) is 0 Å². The van der Waals surface area contributed by atoms with Crippen molar-refractivity contribution in [2.75, 3.05) is 6.61 Å². The summed E-state index contributed by atoms with van der Waals surface area (Å²) < 4.78 is 11.0. The van der Waals surface area contributed by atoms with Gasteiger partial charge in [0.2, 0.25) is 0 Å². The number of benzene rings is 2. The number of unbranched alkanes of at least 4 members (excludes halogenated alkanes) is 1. The van der Waals surface area contributed by atoms with Gasteiger partial charge in [-0.1, -0.05) is 68.3 Å². The second-order valence-electron chi connectivity index (χ2n) is 8.45. The lowest BCUT2D eigenvalue weighted by Crippen LogP contribution is -2.40. The highest BCUT2D eigenvalue weighted by Crippen LogP contribution is 2.44. The largest absolute Gasteiger partial charge is 0.480 e. The first kappa shape index (κ1) is 24.1. The quantitative estimate of drug-likeness (QED) is 0.391. The lowest BCUT2D eigenvalue weighted by atomic mass is 9.98. The van der Waals surface area contributed by atoms with E-state index in [-0.39, 0.29) is 24.8 Å². The van der Waals surface area contributed by atoms with Crippen LogP contribution in [0.3, 0.4) is 0 Å². The molecule has 8 heteroatoms. The molecule has 2 amide bonds. The molecule has 8 nitrogen and oxygen atoms in total. The fourth-order valence-electron chi connectivity index (χ4n) is 4.30. The van der Waals surface area contributed by atoms with Gasteiger partial charge in [-0.3, -0.25) is 4.79 Å². The van der Waals surface area contributed by atoms with E-state index in [0.717, 1.165) is 28.7 Å². The van der Waals surface area contributed by atoms with Crippen LogP contribution in [0.4, 0.5) is 4.79 Å². The minimum atomic E-state index is -1.09. The van der Waals surface area contributed by atoms with Crippen molar-refractivity contribution in [3.05, 3.63) is 83.3 Å². The maximum Gasteiger partial charge on any atom is 0.407 e. The van der Waals surface area contributed by atoms with Crippen LogP contribution in [0.1, 0.15) is 59.5 Å². The Labute approximate surface area is 203 Å². The highest BCUT2D eigenvalue weighted by atomic mass is 16.5. The predicted molar refractivity (Wildman–Crippen MR) is 129 cm³/mol. The lowest BCUT2D eigenvalue weighted by Gasteiger charge is -2.14. The Hall–Kier alpha value is -4.07. The molecule has 0 spiro atoms. The van der Waals surface area contributed by atoms with E-state index < -0.39 is 24.0 Å². The molecule has 0 bridgehead atoms. The predicted octanol–water partition coefficient (Wildman–Crippen LogP) is 4.69. The van der Waals surface area contributed by atoms with Gasteiger partial charge in [0.25, 0.3) is 5.91 Å². The van der Waals surface area contributed by atoms with Crippen molar-refractivity contribution in [1.82, 2.24) is 10.6 Å². The Morgan fingerprint density at radius 3 is 2.29 bits per heavy atom. The molecule has 1 heterocycles. The third-order valence-electron chi connectivity index (χ3n) is 6.09. The van der Waals surface area contributed by atoms with Gasteiger partial charge in [-0.15, -0.1) is 0 Å². The second-order valence-corrected chi connectivity index (χ2v) is 8.45. The number of hydrogen-bond acceptors (Lipinski definition) is 5. The number of fused-ring (bicyclic) bond motifs is 3. The summed E-state index contributed by atoms with van der Waals surface area (Å²) in [6.07, 6.45) is 1.26. The zero-order valence-corrected chi connectivity index (χ0v) is 19.5. The van der Waals surface area contributed by atoms with Gasteiger partial charge in [0.05, 0.1) is 6.54 Å². The van der Waals surface area contributed by atoms with Crippen LogP contribution in [0.2, 0.25) is 0 Å². The molecule has 1 unspecified atom stereocenters. The van der Waals surface area contributed by atoms with Crippen molar-refractivity contribution in [2.45, 2.75) is 44.7 Å². The maximum absolute atomic E-state index is 12.3. The number of amides is 2. The number of rotatable bonds is 10. The van der Waals surface area contributed by atoms with Gasteiger partial charge >= 0.3 is 12.1 Å². The number of carboxylic acids is 1. The number of carboxylic acid groups (broad SMARTS) is 1. The summed E-state index contributed by atoms with van der Waals surface area (Å²) >= 11 is 0. The summed E-state index contributed by atoms with van der Waals surface area (Å²) in [4.78, 5) is 36.0. The molecule has 182 valence electrons. The van der Waals surface area contributed by atoms with Gasteiger partial charge in [-0.05, 0) is 40.8 Å². The normalized spacial score (nSPS) is 12.9. The Balaban J connectivity index is 1.29. The van der Waals surface area contributed by atoms with Crippen molar-refractivity contribution in [3.8, 4) is 11.1 Å². The summed E-state index contributed by atoms with van der Waals surface area (Å²) in [5, 5.41) is 14.4. The molecule has 1 atom stereocenters. The molecular formula is C27H28N2O6. The van der Waals surface area contributed by atoms with Crippen LogP contribution in [0.25, 0.3) is 11.1 Å². The number of ether oxygens (including phenoxy) is 1. The number of aliphatic carboxylic acids is 1. The monoisotopic (exact) mass is 476 g/mol. The third kappa shape index (κ3) is 5.54. The molecule has 1 aromatic heterocycles. The van der Waals surface area contributed by atoms with E-state index in [4.69, 9.17) is 9.15 Å². The molecule has 1 aliphatic carbocycles. The van der Waals surface area contributed by atoms with E-state index in [1.807, 2.05) is 43.3 Å². The van der Waals surface area contributed by atoms with Crippen molar-refractivity contribution < 1.29 is 28.6 Å². The van der Waals surface area contributed by atoms with Gasteiger partial charge in [0.1, 0.15) is 18.4 Å². The van der Waals surface area contributed by atoms with Crippen LogP contribution in [0.15, 0.2) is 65.1 Å². The fraction of sp³-hybridized carbons (Fsp3) is 0.296. The van der Waals surface area contributed by atoms with E-state index in [9.17, 15) is 19.5 Å². The summed E-state index contributed by atoms with van der Waals surface area (Å²) in [7, 11) is 0. The number of carbonyl (C=O) groups excluding carboxylic acids is 2. The molecule has 0 radical (unpaired) electrons. The van der Waals surface area contributed by atoms with E-state index >= 15 is 0 Å². The Morgan fingerprint density at radius 1 is 1.00 bits per heavy atom. The number of nitrogens with one attached hydrogen (secondary N) is 2. The first-order chi connectivity index (χ1) is 17.0. The minimum Gasteiger partial charge on any atom is -0.480 e. The van der Waals surface area contributed by atoms with Gasteiger partial charge < -0.3 is 24.9 Å². The molecule has 0 fully saturated rings. The number of hydrogen-bond donors (Lipinski definition) is 3. The summed E-state index contributed by atoms with van der Waals surface area (Å²) in [5.41, 5.74) is 4.56. The SMILES string of the molecule is CCCCC(NC(=O)c1ccc(CNC(=O)OCC2c3ccccc3-c3ccccc32)o1)C(=O)O. The Bertz CT molecular complexity index is 1170. The molecular weight excluding hydrogens is 448 g/mol.